The van der Waals surface area contributed by atoms with Crippen LogP contribution in [0.2, 0.25) is 0 Å². The molecule has 0 saturated carbocycles. The Labute approximate surface area is 133 Å². The van der Waals surface area contributed by atoms with Gasteiger partial charge in [0, 0.05) is 21.8 Å². The molecule has 2 saturated heterocycles. The average Bonchev–Trinajstić information content (AvgIpc) is 2.72. The van der Waals surface area contributed by atoms with Crippen LogP contribution in [0.4, 0.5) is 0 Å². The van der Waals surface area contributed by atoms with Crippen LogP contribution in [-0.4, -0.2) is 34.4 Å². The molecule has 1 amide bonds. The van der Waals surface area contributed by atoms with Gasteiger partial charge in [-0.3, -0.25) is 4.79 Å². The fraction of sp³-hybridized carbons (Fsp3) is 0.562. The topological polar surface area (TPSA) is 20.3 Å². The predicted octanol–water partition coefficient (Wildman–Crippen LogP) is 3.88. The maximum absolute atomic E-state index is 12.6. The van der Waals surface area contributed by atoms with Crippen LogP contribution in [0.1, 0.15) is 31.2 Å². The van der Waals surface area contributed by atoms with Gasteiger partial charge in [-0.2, -0.15) is 11.8 Å². The van der Waals surface area contributed by atoms with Crippen molar-refractivity contribution < 1.29 is 4.79 Å². The molecule has 0 aliphatic carbocycles. The second kappa shape index (κ2) is 6.10. The summed E-state index contributed by atoms with van der Waals surface area (Å²) in [6.45, 7) is 0. The van der Waals surface area contributed by atoms with E-state index in [2.05, 4.69) is 27.1 Å². The van der Waals surface area contributed by atoms with E-state index in [0.717, 1.165) is 15.3 Å². The lowest BCUT2D eigenvalue weighted by Gasteiger charge is -2.38. The molecule has 3 atom stereocenters. The SMILES string of the molecule is CSC1C[C@H]2CC[C@@H](C1)N2C(=O)Cc1ccc(Br)cc1. The van der Waals surface area contributed by atoms with Gasteiger partial charge in [0.25, 0.3) is 0 Å². The summed E-state index contributed by atoms with van der Waals surface area (Å²) >= 11 is 5.40. The third-order valence-corrected chi connectivity index (χ3v) is 6.16. The van der Waals surface area contributed by atoms with Gasteiger partial charge < -0.3 is 4.90 Å². The van der Waals surface area contributed by atoms with Gasteiger partial charge in [0.1, 0.15) is 0 Å². The number of thioether (sulfide) groups is 1. The van der Waals surface area contributed by atoms with E-state index in [1.807, 2.05) is 36.0 Å². The number of fused-ring (bicyclic) bond motifs is 2. The Hall–Kier alpha value is -0.480. The molecule has 2 heterocycles. The standard InChI is InChI=1S/C16H20BrNOS/c1-20-15-9-13-6-7-14(10-15)18(13)16(19)8-11-2-4-12(17)5-3-11/h2-5,13-15H,6-10H2,1H3/t13-,14+,15?. The maximum Gasteiger partial charge on any atom is 0.227 e. The van der Waals surface area contributed by atoms with Gasteiger partial charge in [0.2, 0.25) is 5.91 Å². The summed E-state index contributed by atoms with van der Waals surface area (Å²) in [6.07, 6.45) is 7.52. The van der Waals surface area contributed by atoms with Crippen molar-refractivity contribution in [1.82, 2.24) is 4.90 Å². The van der Waals surface area contributed by atoms with Gasteiger partial charge in [-0.05, 0) is 49.6 Å². The fourth-order valence-electron chi connectivity index (χ4n) is 3.59. The Morgan fingerprint density at radius 1 is 1.25 bits per heavy atom. The fourth-order valence-corrected chi connectivity index (χ4v) is 4.69. The van der Waals surface area contributed by atoms with Crippen LogP contribution in [0.3, 0.4) is 0 Å². The number of nitrogens with zero attached hydrogens (tertiary/aromatic N) is 1. The second-order valence-electron chi connectivity index (χ2n) is 5.82. The van der Waals surface area contributed by atoms with E-state index in [-0.39, 0.29) is 0 Å². The number of amides is 1. The number of halogens is 1. The zero-order chi connectivity index (χ0) is 14.1. The molecule has 1 unspecified atom stereocenters. The highest BCUT2D eigenvalue weighted by atomic mass is 79.9. The molecule has 2 bridgehead atoms. The lowest BCUT2D eigenvalue weighted by Crippen LogP contribution is -2.47. The summed E-state index contributed by atoms with van der Waals surface area (Å²) < 4.78 is 1.06. The lowest BCUT2D eigenvalue weighted by molar-refractivity contribution is -0.134. The summed E-state index contributed by atoms with van der Waals surface area (Å²) in [4.78, 5) is 14.8. The Balaban J connectivity index is 1.67. The van der Waals surface area contributed by atoms with E-state index in [1.54, 1.807) is 0 Å². The number of hydrogen-bond acceptors (Lipinski definition) is 2. The smallest absolute Gasteiger partial charge is 0.227 e. The molecule has 2 aliphatic rings. The summed E-state index contributed by atoms with van der Waals surface area (Å²) in [5.74, 6) is 0.319. The van der Waals surface area contributed by atoms with E-state index in [1.165, 1.54) is 25.7 Å². The Kier molecular flexibility index (Phi) is 4.41. The van der Waals surface area contributed by atoms with E-state index in [0.29, 0.717) is 24.4 Å². The van der Waals surface area contributed by atoms with E-state index < -0.39 is 0 Å². The van der Waals surface area contributed by atoms with Crippen molar-refractivity contribution in [2.45, 2.75) is 49.4 Å². The first-order chi connectivity index (χ1) is 9.67. The number of carbonyl (C=O) groups excluding carboxylic acids is 1. The molecule has 4 heteroatoms. The zero-order valence-corrected chi connectivity index (χ0v) is 14.1. The molecule has 1 aromatic rings. The molecule has 1 aromatic carbocycles. The monoisotopic (exact) mass is 353 g/mol. The van der Waals surface area contributed by atoms with Crippen molar-refractivity contribution in [3.8, 4) is 0 Å². The van der Waals surface area contributed by atoms with Crippen LogP contribution in [0, 0.1) is 0 Å². The van der Waals surface area contributed by atoms with Crippen LogP contribution >= 0.6 is 27.7 Å². The van der Waals surface area contributed by atoms with Gasteiger partial charge in [0.05, 0.1) is 6.42 Å². The van der Waals surface area contributed by atoms with Crippen LogP contribution < -0.4 is 0 Å². The summed E-state index contributed by atoms with van der Waals surface area (Å²) in [5, 5.41) is 0.754. The Bertz CT molecular complexity index is 476. The second-order valence-corrected chi connectivity index (χ2v) is 7.87. The van der Waals surface area contributed by atoms with Crippen molar-refractivity contribution in [2.24, 2.45) is 0 Å². The van der Waals surface area contributed by atoms with Crippen LogP contribution in [0.25, 0.3) is 0 Å². The summed E-state index contributed by atoms with van der Waals surface area (Å²) in [5.41, 5.74) is 1.12. The number of rotatable bonds is 3. The highest BCUT2D eigenvalue weighted by Crippen LogP contribution is 2.39. The normalized spacial score (nSPS) is 28.7. The molecule has 2 nitrogen and oxygen atoms in total. The highest BCUT2D eigenvalue weighted by molar-refractivity contribution is 9.10. The third kappa shape index (κ3) is 2.91. The minimum atomic E-state index is 0.319. The Morgan fingerprint density at radius 2 is 1.85 bits per heavy atom. The molecule has 20 heavy (non-hydrogen) atoms. The van der Waals surface area contributed by atoms with Crippen LogP contribution in [0.5, 0.6) is 0 Å². The maximum atomic E-state index is 12.6. The molecule has 108 valence electrons. The summed E-state index contributed by atoms with van der Waals surface area (Å²) in [6, 6.07) is 9.09. The third-order valence-electron chi connectivity index (χ3n) is 4.58. The molecule has 3 rings (SSSR count). The summed E-state index contributed by atoms with van der Waals surface area (Å²) in [7, 11) is 0. The molecular formula is C16H20BrNOS. The average molecular weight is 354 g/mol. The van der Waals surface area contributed by atoms with Gasteiger partial charge in [0.15, 0.2) is 0 Å². The van der Waals surface area contributed by atoms with Gasteiger partial charge in [-0.1, -0.05) is 28.1 Å². The molecule has 2 aliphatic heterocycles. The molecule has 0 N–H and O–H groups in total. The quantitative estimate of drug-likeness (QED) is 0.821. The molecule has 0 aromatic heterocycles. The van der Waals surface area contributed by atoms with Gasteiger partial charge in [-0.15, -0.1) is 0 Å². The molecule has 0 spiro atoms. The van der Waals surface area contributed by atoms with E-state index in [4.69, 9.17) is 0 Å². The number of piperidine rings is 1. The number of benzene rings is 1. The minimum absolute atomic E-state index is 0.319. The first kappa shape index (κ1) is 14.5. The first-order valence-electron chi connectivity index (χ1n) is 7.26. The first-order valence-corrected chi connectivity index (χ1v) is 9.34. The van der Waals surface area contributed by atoms with E-state index >= 15 is 0 Å². The number of hydrogen-bond donors (Lipinski definition) is 0. The van der Waals surface area contributed by atoms with Crippen molar-refractivity contribution in [2.75, 3.05) is 6.26 Å². The van der Waals surface area contributed by atoms with E-state index in [9.17, 15) is 4.79 Å². The van der Waals surface area contributed by atoms with Crippen LogP contribution in [-0.2, 0) is 11.2 Å². The molecular weight excluding hydrogens is 334 g/mol. The predicted molar refractivity (Wildman–Crippen MR) is 88.0 cm³/mol. The van der Waals surface area contributed by atoms with Gasteiger partial charge in [-0.25, -0.2) is 0 Å². The minimum Gasteiger partial charge on any atom is -0.336 e. The molecule has 2 fully saturated rings. The van der Waals surface area contributed by atoms with Crippen molar-refractivity contribution in [1.29, 1.82) is 0 Å². The van der Waals surface area contributed by atoms with Crippen molar-refractivity contribution in [3.63, 3.8) is 0 Å². The highest BCUT2D eigenvalue weighted by Gasteiger charge is 2.42. The lowest BCUT2D eigenvalue weighted by atomic mass is 10.0. The van der Waals surface area contributed by atoms with Crippen molar-refractivity contribution in [3.05, 3.63) is 34.3 Å². The zero-order valence-electron chi connectivity index (χ0n) is 11.7. The number of carbonyl (C=O) groups is 1. The van der Waals surface area contributed by atoms with Gasteiger partial charge >= 0.3 is 0 Å². The molecule has 0 radical (unpaired) electrons. The van der Waals surface area contributed by atoms with Crippen molar-refractivity contribution >= 4 is 33.6 Å². The largest absolute Gasteiger partial charge is 0.336 e. The van der Waals surface area contributed by atoms with Crippen LogP contribution in [0.15, 0.2) is 28.7 Å². The Morgan fingerprint density at radius 3 is 2.40 bits per heavy atom.